The second kappa shape index (κ2) is 36.9. The van der Waals surface area contributed by atoms with Gasteiger partial charge in [-0.1, -0.05) is 39.0 Å². The molecule has 57 heavy (non-hydrogen) atoms. The number of carbonyl (C=O) groups is 7. The Bertz CT molecular complexity index is 1140. The molecule has 0 aliphatic rings. The van der Waals surface area contributed by atoms with Crippen molar-refractivity contribution >= 4 is 41.1 Å². The van der Waals surface area contributed by atoms with Gasteiger partial charge in [-0.2, -0.15) is 0 Å². The summed E-state index contributed by atoms with van der Waals surface area (Å²) in [7, 11) is 0. The van der Waals surface area contributed by atoms with E-state index < -0.39 is 24.0 Å². The summed E-state index contributed by atoms with van der Waals surface area (Å²) in [6, 6.07) is -2.14. The fourth-order valence-electron chi connectivity index (χ4n) is 6.47. The van der Waals surface area contributed by atoms with E-state index in [4.69, 9.17) is 22.9 Å². The van der Waals surface area contributed by atoms with Crippen LogP contribution in [0.15, 0.2) is 0 Å². The van der Waals surface area contributed by atoms with Crippen LogP contribution in [0.4, 0.5) is 0 Å². The number of carbonyl (C=O) groups excluding carboxylic acids is 7. The number of nitrogens with two attached hydrogens (primary N) is 4. The summed E-state index contributed by atoms with van der Waals surface area (Å²) >= 11 is 0. The average molecular weight is 809 g/mol. The molecule has 0 bridgehead atoms. The summed E-state index contributed by atoms with van der Waals surface area (Å²) in [4.78, 5) is 87.7. The Morgan fingerprint density at radius 2 is 0.877 bits per heavy atom. The number of ketones is 2. The zero-order chi connectivity index (χ0) is 42.5. The van der Waals surface area contributed by atoms with E-state index in [1.54, 1.807) is 0 Å². The molecular weight excluding hydrogens is 729 g/mol. The van der Waals surface area contributed by atoms with E-state index in [2.05, 4.69) is 28.2 Å². The number of hydrogen-bond acceptors (Lipinski definition) is 10. The topological polar surface area (TPSA) is 272 Å². The molecule has 0 radical (unpaired) electrons. The van der Waals surface area contributed by atoms with Crippen LogP contribution in [-0.4, -0.2) is 85.4 Å². The van der Waals surface area contributed by atoms with E-state index in [9.17, 15) is 33.6 Å². The highest BCUT2D eigenvalue weighted by Gasteiger charge is 2.26. The first-order valence-electron chi connectivity index (χ1n) is 22.1. The van der Waals surface area contributed by atoms with Crippen LogP contribution in [-0.2, 0) is 33.6 Å². The summed E-state index contributed by atoms with van der Waals surface area (Å²) < 4.78 is 0. The minimum absolute atomic E-state index is 0.0663. The van der Waals surface area contributed by atoms with Crippen molar-refractivity contribution < 1.29 is 33.6 Å². The van der Waals surface area contributed by atoms with Crippen molar-refractivity contribution in [3.8, 4) is 0 Å². The number of primary amides is 1. The molecule has 0 aliphatic heterocycles. The zero-order valence-corrected chi connectivity index (χ0v) is 35.3. The van der Waals surface area contributed by atoms with Crippen LogP contribution in [0.3, 0.4) is 0 Å². The van der Waals surface area contributed by atoms with E-state index >= 15 is 0 Å². The molecule has 3 atom stereocenters. The van der Waals surface area contributed by atoms with Gasteiger partial charge in [0.2, 0.25) is 29.5 Å². The van der Waals surface area contributed by atoms with Crippen molar-refractivity contribution in [3.05, 3.63) is 0 Å². The molecule has 0 aliphatic carbocycles. The number of rotatable bonds is 40. The molecule has 0 aromatic carbocycles. The van der Waals surface area contributed by atoms with Gasteiger partial charge in [0.1, 0.15) is 17.9 Å². The Morgan fingerprint density at radius 3 is 1.40 bits per heavy atom. The first kappa shape index (κ1) is 53.6. The average Bonchev–Trinajstić information content (AvgIpc) is 3.17. The van der Waals surface area contributed by atoms with E-state index in [-0.39, 0.29) is 54.5 Å². The fourth-order valence-corrected chi connectivity index (χ4v) is 6.47. The number of Topliss-reactive ketones (excluding diaryl/α,β-unsaturated/α-hetero) is 2. The molecule has 0 fully saturated rings. The van der Waals surface area contributed by atoms with Gasteiger partial charge < -0.3 is 44.2 Å². The second-order valence-electron chi connectivity index (χ2n) is 15.3. The molecule has 330 valence electrons. The summed E-state index contributed by atoms with van der Waals surface area (Å²) in [6.07, 6.45) is 17.1. The van der Waals surface area contributed by atoms with Gasteiger partial charge in [0.15, 0.2) is 5.78 Å². The smallest absolute Gasteiger partial charge is 0.243 e. The van der Waals surface area contributed by atoms with Crippen molar-refractivity contribution in [2.45, 2.75) is 198 Å². The van der Waals surface area contributed by atoms with Crippen LogP contribution in [0.1, 0.15) is 180 Å². The molecule has 3 unspecified atom stereocenters. The molecule has 0 aromatic heterocycles. The van der Waals surface area contributed by atoms with E-state index in [0.717, 1.165) is 57.8 Å². The lowest BCUT2D eigenvalue weighted by Gasteiger charge is -2.23. The maximum atomic E-state index is 13.5. The fraction of sp³-hybridized carbons (Fsp3) is 0.833. The Morgan fingerprint density at radius 1 is 0.439 bits per heavy atom. The number of hydrogen-bond donors (Lipinski definition) is 8. The van der Waals surface area contributed by atoms with Crippen LogP contribution >= 0.6 is 0 Å². The number of nitrogens with one attached hydrogen (secondary N) is 4. The van der Waals surface area contributed by atoms with Crippen LogP contribution in [0.25, 0.3) is 0 Å². The largest absolute Gasteiger partial charge is 0.368 e. The third-order valence-corrected chi connectivity index (χ3v) is 10.0. The molecule has 12 N–H and O–H groups in total. The molecule has 0 rings (SSSR count). The normalized spacial score (nSPS) is 12.6. The van der Waals surface area contributed by atoms with Gasteiger partial charge in [0.05, 0.1) is 6.04 Å². The van der Waals surface area contributed by atoms with E-state index in [0.29, 0.717) is 122 Å². The molecule has 15 heteroatoms. The monoisotopic (exact) mass is 809 g/mol. The van der Waals surface area contributed by atoms with Gasteiger partial charge in [-0.3, -0.25) is 33.6 Å². The predicted octanol–water partition coefficient (Wildman–Crippen LogP) is 3.61. The van der Waals surface area contributed by atoms with Gasteiger partial charge in [-0.05, 0) is 122 Å². The lowest BCUT2D eigenvalue weighted by molar-refractivity contribution is -0.132. The van der Waals surface area contributed by atoms with Crippen LogP contribution in [0.2, 0.25) is 0 Å². The van der Waals surface area contributed by atoms with E-state index in [1.165, 1.54) is 0 Å². The number of amides is 5. The Hall–Kier alpha value is -3.43. The Labute approximate surface area is 342 Å². The van der Waals surface area contributed by atoms with E-state index in [1.807, 2.05) is 0 Å². The third kappa shape index (κ3) is 31.3. The molecule has 0 saturated heterocycles. The highest BCUT2D eigenvalue weighted by atomic mass is 16.2. The van der Waals surface area contributed by atoms with Gasteiger partial charge in [0.25, 0.3) is 0 Å². The van der Waals surface area contributed by atoms with Crippen LogP contribution in [0, 0.1) is 0 Å². The lowest BCUT2D eigenvalue weighted by Crippen LogP contribution is -2.51. The molecule has 0 aromatic rings. The van der Waals surface area contributed by atoms with Crippen molar-refractivity contribution in [3.63, 3.8) is 0 Å². The molecule has 5 amide bonds. The first-order valence-corrected chi connectivity index (χ1v) is 22.1. The predicted molar refractivity (Wildman–Crippen MR) is 226 cm³/mol. The minimum atomic E-state index is -0.773. The highest BCUT2D eigenvalue weighted by molar-refractivity contribution is 5.92. The van der Waals surface area contributed by atoms with Gasteiger partial charge >= 0.3 is 0 Å². The Balaban J connectivity index is 4.64. The summed E-state index contributed by atoms with van der Waals surface area (Å²) in [5.41, 5.74) is 22.2. The molecule has 15 nitrogen and oxygen atoms in total. The first-order chi connectivity index (χ1) is 27.5. The van der Waals surface area contributed by atoms with Gasteiger partial charge in [0, 0.05) is 45.1 Å². The standard InChI is InChI=1S/C42H80N8O7/c1-2-3-7-20-33(51)21-8-4-11-27-40(55)49-36(24-15-18-31-45)42(57)50-34(22-13-16-29-43)37(52)25-9-5-10-26-38(53)47-32-19-6-12-28-39(54)48-35(41(46)56)23-14-17-30-44/h34-36H,2-32,43-45H2,1H3,(H2,46,56)(H,47,53)(H,48,54)(H,49,55)(H,50,57). The maximum absolute atomic E-state index is 13.5. The molecular formula is C42H80N8O7. The maximum Gasteiger partial charge on any atom is 0.243 e. The second-order valence-corrected chi connectivity index (χ2v) is 15.3. The number of unbranched alkanes of at least 4 members (excludes halogenated alkanes) is 11. The van der Waals surface area contributed by atoms with Crippen molar-refractivity contribution in [2.24, 2.45) is 22.9 Å². The summed E-state index contributed by atoms with van der Waals surface area (Å²) in [6.45, 7) is 4.08. The van der Waals surface area contributed by atoms with Crippen LogP contribution in [0.5, 0.6) is 0 Å². The van der Waals surface area contributed by atoms with Gasteiger partial charge in [-0.15, -0.1) is 0 Å². The van der Waals surface area contributed by atoms with Crippen LogP contribution < -0.4 is 44.2 Å². The third-order valence-electron chi connectivity index (χ3n) is 10.0. The highest BCUT2D eigenvalue weighted by Crippen LogP contribution is 2.12. The van der Waals surface area contributed by atoms with Crippen molar-refractivity contribution in [2.75, 3.05) is 26.2 Å². The molecule has 0 saturated carbocycles. The molecule has 0 heterocycles. The van der Waals surface area contributed by atoms with Crippen molar-refractivity contribution in [1.82, 2.24) is 21.3 Å². The summed E-state index contributed by atoms with van der Waals surface area (Å²) in [5, 5.41) is 11.4. The Kier molecular flexibility index (Phi) is 34.7. The lowest BCUT2D eigenvalue weighted by atomic mass is 9.99. The molecule has 0 spiro atoms. The SMILES string of the molecule is CCCCCC(=O)CCCCCC(=O)NC(CCCCN)C(=O)NC(CCCCN)C(=O)CCCCCC(=O)NCCCCCC(=O)NC(CCCCN)C(N)=O. The van der Waals surface area contributed by atoms with Crippen molar-refractivity contribution in [1.29, 1.82) is 0 Å². The minimum Gasteiger partial charge on any atom is -0.368 e. The van der Waals surface area contributed by atoms with Gasteiger partial charge in [-0.25, -0.2) is 0 Å². The summed E-state index contributed by atoms with van der Waals surface area (Å²) in [5.74, 6) is -1.24. The quantitative estimate of drug-likeness (QED) is 0.0417. The zero-order valence-electron chi connectivity index (χ0n) is 35.3.